The van der Waals surface area contributed by atoms with Gasteiger partial charge in [-0.15, -0.1) is 0 Å². The van der Waals surface area contributed by atoms with Crippen LogP contribution in [0, 0.1) is 0 Å². The summed E-state index contributed by atoms with van der Waals surface area (Å²) < 4.78 is 38.0. The number of unbranched alkanes of at least 4 members (excludes halogenated alkanes) is 5. The highest BCUT2D eigenvalue weighted by atomic mass is 16.6. The summed E-state index contributed by atoms with van der Waals surface area (Å²) in [5.74, 6) is 1.33. The van der Waals surface area contributed by atoms with Crippen LogP contribution in [0.25, 0.3) is 0 Å². The van der Waals surface area contributed by atoms with Gasteiger partial charge >= 0.3 is 18.2 Å². The molecular weight excluding hydrogens is 680 g/mol. The number of benzene rings is 2. The Balaban J connectivity index is 1.33. The van der Waals surface area contributed by atoms with E-state index in [9.17, 15) is 14.4 Å². The van der Waals surface area contributed by atoms with Crippen LogP contribution in [0.5, 0.6) is 11.5 Å². The fourth-order valence-electron chi connectivity index (χ4n) is 4.98. The Bertz CT molecular complexity index is 1250. The molecule has 0 saturated carbocycles. The number of rotatable bonds is 29. The van der Waals surface area contributed by atoms with Crippen LogP contribution in [0.2, 0.25) is 0 Å². The van der Waals surface area contributed by atoms with E-state index in [0.717, 1.165) is 50.0 Å². The van der Waals surface area contributed by atoms with Crippen molar-refractivity contribution < 1.29 is 47.5 Å². The third-order valence-corrected chi connectivity index (χ3v) is 7.75. The molecule has 12 nitrogen and oxygen atoms in total. The van der Waals surface area contributed by atoms with Gasteiger partial charge in [0, 0.05) is 19.5 Å². The first-order chi connectivity index (χ1) is 25.6. The van der Waals surface area contributed by atoms with E-state index in [1.165, 1.54) is 30.4 Å². The highest BCUT2D eigenvalue weighted by Crippen LogP contribution is 2.15. The van der Waals surface area contributed by atoms with Gasteiger partial charge in [-0.05, 0) is 101 Å². The van der Waals surface area contributed by atoms with Crippen molar-refractivity contribution in [2.75, 3.05) is 65.9 Å². The molecular formula is C41H64N2O10. The van der Waals surface area contributed by atoms with E-state index in [1.807, 2.05) is 57.2 Å². The molecule has 0 radical (unpaired) electrons. The van der Waals surface area contributed by atoms with Crippen molar-refractivity contribution in [2.24, 2.45) is 0 Å². The Labute approximate surface area is 316 Å². The maximum Gasteiger partial charge on any atom is 0.407 e. The molecule has 0 spiro atoms. The molecule has 2 aromatic rings. The van der Waals surface area contributed by atoms with Crippen molar-refractivity contribution in [3.63, 3.8) is 0 Å². The number of hydrogen-bond acceptors (Lipinski definition) is 10. The lowest BCUT2D eigenvalue weighted by Crippen LogP contribution is -2.33. The van der Waals surface area contributed by atoms with E-state index >= 15 is 0 Å². The molecule has 12 heteroatoms. The molecule has 0 unspecified atom stereocenters. The molecule has 0 fully saturated rings. The molecule has 2 rings (SSSR count). The van der Waals surface area contributed by atoms with Crippen LogP contribution < -0.4 is 20.1 Å². The first-order valence-electron chi connectivity index (χ1n) is 19.3. The van der Waals surface area contributed by atoms with Crippen molar-refractivity contribution in [1.82, 2.24) is 10.6 Å². The van der Waals surface area contributed by atoms with Crippen LogP contribution >= 0.6 is 0 Å². The Morgan fingerprint density at radius 3 is 1.58 bits per heavy atom. The molecule has 0 heterocycles. The van der Waals surface area contributed by atoms with Gasteiger partial charge in [0.25, 0.3) is 0 Å². The topological polar surface area (TPSA) is 140 Å². The molecule has 0 aromatic heterocycles. The largest absolute Gasteiger partial charge is 0.491 e. The SMILES string of the molecule is CCCCCc1ccc(OCCOCCOC(=O)CCCCCNC(=O)OCCOCCOc2ccc(CCCCNC(=O)OC(C)(C)C)cc2)cc1. The summed E-state index contributed by atoms with van der Waals surface area (Å²) in [6, 6.07) is 16.1. The molecule has 298 valence electrons. The summed E-state index contributed by atoms with van der Waals surface area (Å²) in [7, 11) is 0. The maximum atomic E-state index is 11.9. The van der Waals surface area contributed by atoms with Crippen molar-refractivity contribution in [3.05, 3.63) is 59.7 Å². The predicted octanol–water partition coefficient (Wildman–Crippen LogP) is 7.59. The van der Waals surface area contributed by atoms with Gasteiger partial charge in [-0.2, -0.15) is 0 Å². The number of carbonyl (C=O) groups excluding carboxylic acids is 3. The van der Waals surface area contributed by atoms with Crippen molar-refractivity contribution in [1.29, 1.82) is 0 Å². The minimum Gasteiger partial charge on any atom is -0.491 e. The Kier molecular flexibility index (Phi) is 24.2. The number of hydrogen-bond donors (Lipinski definition) is 2. The minimum absolute atomic E-state index is 0.142. The number of nitrogens with one attached hydrogen (secondary N) is 2. The zero-order valence-electron chi connectivity index (χ0n) is 32.6. The Hall–Kier alpha value is -4.03. The van der Waals surface area contributed by atoms with Gasteiger partial charge in [-0.3, -0.25) is 4.79 Å². The fourth-order valence-corrected chi connectivity index (χ4v) is 4.98. The summed E-state index contributed by atoms with van der Waals surface area (Å²) >= 11 is 0. The summed E-state index contributed by atoms with van der Waals surface area (Å²) in [6.45, 7) is 11.3. The smallest absolute Gasteiger partial charge is 0.407 e. The van der Waals surface area contributed by atoms with E-state index in [1.54, 1.807) is 0 Å². The Morgan fingerprint density at radius 2 is 1.04 bits per heavy atom. The van der Waals surface area contributed by atoms with Crippen molar-refractivity contribution in [3.8, 4) is 11.5 Å². The number of aryl methyl sites for hydroxylation is 2. The van der Waals surface area contributed by atoms with Crippen LogP contribution in [0.3, 0.4) is 0 Å². The first-order valence-corrected chi connectivity index (χ1v) is 19.3. The van der Waals surface area contributed by atoms with Gasteiger partial charge in [0.1, 0.15) is 43.5 Å². The molecule has 0 aliphatic rings. The zero-order valence-corrected chi connectivity index (χ0v) is 32.6. The van der Waals surface area contributed by atoms with Gasteiger partial charge in [0.2, 0.25) is 0 Å². The molecule has 53 heavy (non-hydrogen) atoms. The van der Waals surface area contributed by atoms with E-state index in [2.05, 4.69) is 29.7 Å². The lowest BCUT2D eigenvalue weighted by Gasteiger charge is -2.19. The summed E-state index contributed by atoms with van der Waals surface area (Å²) in [5.41, 5.74) is 2.04. The average Bonchev–Trinajstić information content (AvgIpc) is 3.12. The maximum absolute atomic E-state index is 11.9. The van der Waals surface area contributed by atoms with E-state index in [0.29, 0.717) is 59.0 Å². The van der Waals surface area contributed by atoms with Gasteiger partial charge in [-0.1, -0.05) is 50.5 Å². The van der Waals surface area contributed by atoms with Crippen molar-refractivity contribution in [2.45, 2.75) is 104 Å². The second kappa shape index (κ2) is 28.5. The number of amides is 2. The molecule has 2 N–H and O–H groups in total. The lowest BCUT2D eigenvalue weighted by molar-refractivity contribution is -0.145. The van der Waals surface area contributed by atoms with E-state index in [-0.39, 0.29) is 31.9 Å². The first kappa shape index (κ1) is 45.1. The standard InChI is InChI=1S/C41H64N2O10/c1-5-6-8-13-34-16-20-36(21-17-34)49-30-26-47-28-32-51-38(44)15-9-7-11-24-42-39(45)52-33-29-48-27-31-50-37-22-18-35(19-23-37)14-10-12-25-43-40(46)53-41(2,3)4/h16-23H,5-15,24-33H2,1-4H3,(H,42,45)(H,43,46). The van der Waals surface area contributed by atoms with Crippen LogP contribution in [-0.2, 0) is 41.3 Å². The molecule has 0 bridgehead atoms. The Morgan fingerprint density at radius 1 is 0.547 bits per heavy atom. The van der Waals surface area contributed by atoms with Crippen LogP contribution in [0.15, 0.2) is 48.5 Å². The van der Waals surface area contributed by atoms with Crippen molar-refractivity contribution >= 4 is 18.2 Å². The van der Waals surface area contributed by atoms with Crippen LogP contribution in [-0.4, -0.2) is 89.7 Å². The minimum atomic E-state index is -0.496. The van der Waals surface area contributed by atoms with Gasteiger partial charge in [0.05, 0.1) is 26.4 Å². The molecule has 2 aromatic carbocycles. The number of alkyl carbamates (subject to hydrolysis) is 2. The van der Waals surface area contributed by atoms with Gasteiger partial charge in [0.15, 0.2) is 0 Å². The van der Waals surface area contributed by atoms with E-state index < -0.39 is 11.7 Å². The predicted molar refractivity (Wildman–Crippen MR) is 205 cm³/mol. The zero-order chi connectivity index (χ0) is 38.4. The third kappa shape index (κ3) is 25.6. The highest BCUT2D eigenvalue weighted by molar-refractivity contribution is 5.69. The monoisotopic (exact) mass is 744 g/mol. The molecule has 2 amide bonds. The number of carbonyl (C=O) groups is 3. The quantitative estimate of drug-likeness (QED) is 0.0487. The molecule has 0 aliphatic carbocycles. The second-order valence-electron chi connectivity index (χ2n) is 13.6. The normalized spacial score (nSPS) is 11.1. The van der Waals surface area contributed by atoms with Gasteiger partial charge < -0.3 is 43.8 Å². The third-order valence-electron chi connectivity index (χ3n) is 7.75. The summed E-state index contributed by atoms with van der Waals surface area (Å²) in [4.78, 5) is 35.5. The fraction of sp³-hybridized carbons (Fsp3) is 0.634. The average molecular weight is 745 g/mol. The lowest BCUT2D eigenvalue weighted by atomic mass is 10.1. The molecule has 0 saturated heterocycles. The number of ether oxygens (including phenoxy) is 7. The van der Waals surface area contributed by atoms with Crippen LogP contribution in [0.4, 0.5) is 9.59 Å². The summed E-state index contributed by atoms with van der Waals surface area (Å²) in [5, 5.41) is 5.48. The second-order valence-corrected chi connectivity index (χ2v) is 13.6. The van der Waals surface area contributed by atoms with E-state index in [4.69, 9.17) is 33.2 Å². The summed E-state index contributed by atoms with van der Waals surface area (Å²) in [6.07, 6.45) is 9.15. The van der Waals surface area contributed by atoms with Crippen LogP contribution in [0.1, 0.15) is 96.6 Å². The molecule has 0 aliphatic heterocycles. The number of esters is 1. The molecule has 0 atom stereocenters. The van der Waals surface area contributed by atoms with Gasteiger partial charge in [-0.25, -0.2) is 9.59 Å². The highest BCUT2D eigenvalue weighted by Gasteiger charge is 2.15.